The van der Waals surface area contributed by atoms with E-state index in [-0.39, 0.29) is 0 Å². The number of hydrogen-bond acceptors (Lipinski definition) is 2. The number of nitrogens with zero attached hydrogens (tertiary/aromatic N) is 4. The van der Waals surface area contributed by atoms with Gasteiger partial charge < -0.3 is 4.57 Å². The zero-order valence-electron chi connectivity index (χ0n) is 9.49. The summed E-state index contributed by atoms with van der Waals surface area (Å²) in [5.74, 6) is 0.909. The first-order chi connectivity index (χ1) is 8.36. The van der Waals surface area contributed by atoms with Crippen LogP contribution in [0.25, 0.3) is 17.2 Å². The summed E-state index contributed by atoms with van der Waals surface area (Å²) >= 11 is 0. The van der Waals surface area contributed by atoms with E-state index in [1.54, 1.807) is 12.5 Å². The maximum absolute atomic E-state index is 4.35. The Balaban J connectivity index is 2.16. The molecular weight excluding hydrogens is 212 g/mol. The van der Waals surface area contributed by atoms with Crippen LogP contribution in [0.1, 0.15) is 0 Å². The van der Waals surface area contributed by atoms with Crippen molar-refractivity contribution < 1.29 is 0 Å². The van der Waals surface area contributed by atoms with Gasteiger partial charge in [-0.1, -0.05) is 18.2 Å². The highest BCUT2D eigenvalue weighted by Gasteiger charge is 2.10. The van der Waals surface area contributed by atoms with E-state index in [1.807, 2.05) is 58.9 Å². The molecule has 3 aromatic rings. The van der Waals surface area contributed by atoms with Gasteiger partial charge in [-0.3, -0.25) is 4.57 Å². The van der Waals surface area contributed by atoms with Gasteiger partial charge in [-0.25, -0.2) is 9.97 Å². The fourth-order valence-electron chi connectivity index (χ4n) is 1.87. The summed E-state index contributed by atoms with van der Waals surface area (Å²) < 4.78 is 4.01. The molecule has 0 saturated carbocycles. The lowest BCUT2D eigenvalue weighted by atomic mass is 10.3. The third kappa shape index (κ3) is 1.63. The van der Waals surface area contributed by atoms with Crippen LogP contribution in [-0.2, 0) is 7.05 Å². The number of benzene rings is 1. The average Bonchev–Trinajstić information content (AvgIpc) is 2.98. The van der Waals surface area contributed by atoms with Crippen LogP contribution in [0.2, 0.25) is 0 Å². The summed E-state index contributed by atoms with van der Waals surface area (Å²) in [6, 6.07) is 10.1. The number of aryl methyl sites for hydroxylation is 1. The zero-order chi connectivity index (χ0) is 11.7. The van der Waals surface area contributed by atoms with Gasteiger partial charge >= 0.3 is 0 Å². The van der Waals surface area contributed by atoms with Crippen molar-refractivity contribution in [2.75, 3.05) is 0 Å². The first kappa shape index (κ1) is 9.84. The second-order valence-electron chi connectivity index (χ2n) is 3.85. The summed E-state index contributed by atoms with van der Waals surface area (Å²) in [5.41, 5.74) is 2.08. The van der Waals surface area contributed by atoms with Crippen molar-refractivity contribution in [3.05, 3.63) is 55.2 Å². The number of rotatable bonds is 2. The van der Waals surface area contributed by atoms with Gasteiger partial charge in [0.15, 0.2) is 5.82 Å². The SMILES string of the molecule is Cn1ccnc1-c1cncn1-c1ccccc1. The molecule has 3 rings (SSSR count). The van der Waals surface area contributed by atoms with E-state index < -0.39 is 0 Å². The van der Waals surface area contributed by atoms with E-state index in [0.29, 0.717) is 0 Å². The molecule has 0 fully saturated rings. The molecule has 0 N–H and O–H groups in total. The minimum Gasteiger partial charge on any atom is -0.333 e. The van der Waals surface area contributed by atoms with Crippen LogP contribution >= 0.6 is 0 Å². The van der Waals surface area contributed by atoms with Gasteiger partial charge in [0.2, 0.25) is 0 Å². The maximum atomic E-state index is 4.35. The van der Waals surface area contributed by atoms with Crippen LogP contribution < -0.4 is 0 Å². The van der Waals surface area contributed by atoms with E-state index in [1.165, 1.54) is 0 Å². The molecule has 0 spiro atoms. The maximum Gasteiger partial charge on any atom is 0.158 e. The molecular formula is C13H12N4. The number of hydrogen-bond donors (Lipinski definition) is 0. The third-order valence-electron chi connectivity index (χ3n) is 2.72. The summed E-state index contributed by atoms with van der Waals surface area (Å²) in [6.45, 7) is 0. The van der Waals surface area contributed by atoms with Gasteiger partial charge in [0.25, 0.3) is 0 Å². The van der Waals surface area contributed by atoms with Gasteiger partial charge in [0, 0.05) is 25.1 Å². The normalized spacial score (nSPS) is 10.6. The van der Waals surface area contributed by atoms with E-state index in [4.69, 9.17) is 0 Å². The molecule has 0 aliphatic rings. The van der Waals surface area contributed by atoms with Gasteiger partial charge in [0.05, 0.1) is 12.5 Å². The molecule has 84 valence electrons. The molecule has 0 aliphatic carbocycles. The highest BCUT2D eigenvalue weighted by atomic mass is 15.1. The Kier molecular flexibility index (Phi) is 2.26. The smallest absolute Gasteiger partial charge is 0.158 e. The van der Waals surface area contributed by atoms with Crippen molar-refractivity contribution >= 4 is 0 Å². The minimum atomic E-state index is 0.909. The number of aromatic nitrogens is 4. The number of para-hydroxylation sites is 1. The van der Waals surface area contributed by atoms with Crippen molar-refractivity contribution in [3.63, 3.8) is 0 Å². The number of imidazole rings is 2. The molecule has 0 unspecified atom stereocenters. The zero-order valence-corrected chi connectivity index (χ0v) is 9.49. The fourth-order valence-corrected chi connectivity index (χ4v) is 1.87. The standard InChI is InChI=1S/C13H12N4/c1-16-8-7-15-13(16)12-9-14-10-17(12)11-5-3-2-4-6-11/h2-10H,1H3. The van der Waals surface area contributed by atoms with E-state index in [0.717, 1.165) is 17.2 Å². The Labute approximate surface area is 99.2 Å². The lowest BCUT2D eigenvalue weighted by molar-refractivity contribution is 0.906. The Morgan fingerprint density at radius 2 is 1.94 bits per heavy atom. The molecule has 0 atom stereocenters. The highest BCUT2D eigenvalue weighted by molar-refractivity contribution is 5.54. The summed E-state index contributed by atoms with van der Waals surface area (Å²) in [7, 11) is 1.98. The van der Waals surface area contributed by atoms with Crippen LogP contribution in [-0.4, -0.2) is 19.1 Å². The average molecular weight is 224 g/mol. The predicted molar refractivity (Wildman–Crippen MR) is 65.8 cm³/mol. The molecule has 1 aromatic carbocycles. The van der Waals surface area contributed by atoms with E-state index in [2.05, 4.69) is 9.97 Å². The Bertz CT molecular complexity index is 622. The van der Waals surface area contributed by atoms with Crippen LogP contribution in [0.15, 0.2) is 55.2 Å². The van der Waals surface area contributed by atoms with Crippen molar-refractivity contribution in [1.82, 2.24) is 19.1 Å². The second kappa shape index (κ2) is 3.90. The Morgan fingerprint density at radius 3 is 2.65 bits per heavy atom. The highest BCUT2D eigenvalue weighted by Crippen LogP contribution is 2.20. The first-order valence-electron chi connectivity index (χ1n) is 5.42. The van der Waals surface area contributed by atoms with Crippen LogP contribution in [0.4, 0.5) is 0 Å². The summed E-state index contributed by atoms with van der Waals surface area (Å²) in [6.07, 6.45) is 7.35. The molecule has 0 saturated heterocycles. The van der Waals surface area contributed by atoms with Gasteiger partial charge in [-0.05, 0) is 12.1 Å². The largest absolute Gasteiger partial charge is 0.333 e. The molecule has 17 heavy (non-hydrogen) atoms. The predicted octanol–water partition coefficient (Wildman–Crippen LogP) is 2.27. The summed E-state index contributed by atoms with van der Waals surface area (Å²) in [4.78, 5) is 8.55. The van der Waals surface area contributed by atoms with Crippen LogP contribution in [0.3, 0.4) is 0 Å². The van der Waals surface area contributed by atoms with Crippen molar-refractivity contribution in [1.29, 1.82) is 0 Å². The quantitative estimate of drug-likeness (QED) is 0.669. The minimum absolute atomic E-state index is 0.909. The topological polar surface area (TPSA) is 35.6 Å². The first-order valence-corrected chi connectivity index (χ1v) is 5.42. The molecule has 0 bridgehead atoms. The Hall–Kier alpha value is -2.36. The van der Waals surface area contributed by atoms with Crippen LogP contribution in [0, 0.1) is 0 Å². The molecule has 0 radical (unpaired) electrons. The Morgan fingerprint density at radius 1 is 1.12 bits per heavy atom. The van der Waals surface area contributed by atoms with Crippen molar-refractivity contribution in [3.8, 4) is 17.2 Å². The van der Waals surface area contributed by atoms with Gasteiger partial charge in [0.1, 0.15) is 5.69 Å². The lowest BCUT2D eigenvalue weighted by Gasteiger charge is -2.07. The summed E-state index contributed by atoms with van der Waals surface area (Å²) in [5, 5.41) is 0. The second-order valence-corrected chi connectivity index (χ2v) is 3.85. The van der Waals surface area contributed by atoms with Crippen LogP contribution in [0.5, 0.6) is 0 Å². The molecule has 2 heterocycles. The molecule has 4 heteroatoms. The monoisotopic (exact) mass is 224 g/mol. The molecule has 0 amide bonds. The molecule has 2 aromatic heterocycles. The molecule has 0 aliphatic heterocycles. The van der Waals surface area contributed by atoms with Crippen molar-refractivity contribution in [2.24, 2.45) is 7.05 Å². The lowest BCUT2D eigenvalue weighted by Crippen LogP contribution is -1.99. The third-order valence-corrected chi connectivity index (χ3v) is 2.72. The van der Waals surface area contributed by atoms with E-state index >= 15 is 0 Å². The molecule has 4 nitrogen and oxygen atoms in total. The fraction of sp³-hybridized carbons (Fsp3) is 0.0769. The van der Waals surface area contributed by atoms with Gasteiger partial charge in [-0.2, -0.15) is 0 Å². The van der Waals surface area contributed by atoms with Gasteiger partial charge in [-0.15, -0.1) is 0 Å². The van der Waals surface area contributed by atoms with Crippen molar-refractivity contribution in [2.45, 2.75) is 0 Å². The van der Waals surface area contributed by atoms with E-state index in [9.17, 15) is 0 Å².